The van der Waals surface area contributed by atoms with Crippen molar-refractivity contribution in [2.24, 2.45) is 0 Å². The Morgan fingerprint density at radius 2 is 2.25 bits per heavy atom. The minimum absolute atomic E-state index is 0.258. The van der Waals surface area contributed by atoms with E-state index in [0.717, 1.165) is 37.9 Å². The van der Waals surface area contributed by atoms with Gasteiger partial charge in [0, 0.05) is 31.5 Å². The van der Waals surface area contributed by atoms with Crippen LogP contribution in [0.3, 0.4) is 0 Å². The molecular weight excluding hydrogens is 254 g/mol. The first kappa shape index (κ1) is 13.2. The van der Waals surface area contributed by atoms with Gasteiger partial charge in [0.25, 0.3) is 0 Å². The highest BCUT2D eigenvalue weighted by molar-refractivity contribution is 5.90. The number of benzene rings is 1. The van der Waals surface area contributed by atoms with E-state index < -0.39 is 5.60 Å². The van der Waals surface area contributed by atoms with Crippen molar-refractivity contribution in [3.8, 4) is 0 Å². The van der Waals surface area contributed by atoms with Crippen LogP contribution in [0.2, 0.25) is 0 Å². The Hall–Kier alpha value is -1.75. The first-order chi connectivity index (χ1) is 9.56. The number of rotatable bonds is 3. The fourth-order valence-corrected chi connectivity index (χ4v) is 2.80. The highest BCUT2D eigenvalue weighted by Gasteiger charge is 2.34. The molecule has 1 aliphatic heterocycles. The van der Waals surface area contributed by atoms with Gasteiger partial charge in [0.15, 0.2) is 0 Å². The predicted molar refractivity (Wildman–Crippen MR) is 79.2 cm³/mol. The van der Waals surface area contributed by atoms with E-state index >= 15 is 0 Å². The summed E-state index contributed by atoms with van der Waals surface area (Å²) in [5.74, 6) is 0. The normalized spacial score (nSPS) is 19.2. The van der Waals surface area contributed by atoms with Gasteiger partial charge in [-0.25, -0.2) is 4.79 Å². The van der Waals surface area contributed by atoms with Gasteiger partial charge in [-0.1, -0.05) is 6.07 Å². The molecule has 0 saturated heterocycles. The van der Waals surface area contributed by atoms with Crippen LogP contribution in [0.25, 0.3) is 0 Å². The van der Waals surface area contributed by atoms with Crippen LogP contribution in [0, 0.1) is 0 Å². The second-order valence-corrected chi connectivity index (χ2v) is 5.90. The number of carbonyl (C=O) groups excluding carboxylic acids is 1. The van der Waals surface area contributed by atoms with E-state index in [9.17, 15) is 9.90 Å². The van der Waals surface area contributed by atoms with Gasteiger partial charge >= 0.3 is 6.03 Å². The van der Waals surface area contributed by atoms with Crippen LogP contribution in [0.1, 0.15) is 24.8 Å². The lowest BCUT2D eigenvalue weighted by Crippen LogP contribution is -2.48. The first-order valence-corrected chi connectivity index (χ1v) is 7.17. The molecule has 5 nitrogen and oxygen atoms in total. The quantitative estimate of drug-likeness (QED) is 0.787. The van der Waals surface area contributed by atoms with Gasteiger partial charge in [0.1, 0.15) is 0 Å². The summed E-state index contributed by atoms with van der Waals surface area (Å²) in [5.41, 5.74) is 2.61. The van der Waals surface area contributed by atoms with Gasteiger partial charge in [-0.3, -0.25) is 0 Å². The molecule has 0 unspecified atom stereocenters. The molecule has 20 heavy (non-hydrogen) atoms. The van der Waals surface area contributed by atoms with Crippen LogP contribution in [-0.4, -0.2) is 36.9 Å². The van der Waals surface area contributed by atoms with Crippen molar-refractivity contribution in [2.45, 2.75) is 31.3 Å². The van der Waals surface area contributed by atoms with Gasteiger partial charge in [-0.15, -0.1) is 0 Å². The lowest BCUT2D eigenvalue weighted by atomic mass is 9.80. The summed E-state index contributed by atoms with van der Waals surface area (Å²) in [7, 11) is 2.06. The Morgan fingerprint density at radius 3 is 2.95 bits per heavy atom. The van der Waals surface area contributed by atoms with Crippen LogP contribution in [0.15, 0.2) is 18.2 Å². The standard InChI is InChI=1S/C15H21N3O2/c1-18-8-5-11-3-4-12(9-13(11)18)17-14(19)16-10-15(20)6-2-7-15/h3-4,9,20H,2,5-8,10H2,1H3,(H2,16,17,19). The van der Waals surface area contributed by atoms with Gasteiger partial charge < -0.3 is 20.6 Å². The third kappa shape index (κ3) is 2.58. The highest BCUT2D eigenvalue weighted by Crippen LogP contribution is 2.31. The fraction of sp³-hybridized carbons (Fsp3) is 0.533. The summed E-state index contributed by atoms with van der Waals surface area (Å²) >= 11 is 0. The lowest BCUT2D eigenvalue weighted by Gasteiger charge is -2.36. The molecule has 0 radical (unpaired) electrons. The molecule has 1 saturated carbocycles. The maximum Gasteiger partial charge on any atom is 0.319 e. The molecule has 3 rings (SSSR count). The molecule has 5 heteroatoms. The molecule has 1 aromatic carbocycles. The minimum atomic E-state index is -0.685. The topological polar surface area (TPSA) is 64.6 Å². The third-order valence-corrected chi connectivity index (χ3v) is 4.33. The van der Waals surface area contributed by atoms with Gasteiger partial charge in [-0.2, -0.15) is 0 Å². The maximum atomic E-state index is 11.8. The van der Waals surface area contributed by atoms with Crippen molar-refractivity contribution in [2.75, 3.05) is 30.4 Å². The molecule has 0 spiro atoms. The zero-order valence-corrected chi connectivity index (χ0v) is 11.8. The summed E-state index contributed by atoms with van der Waals surface area (Å²) in [6.07, 6.45) is 3.65. The average Bonchev–Trinajstić information content (AvgIpc) is 2.76. The van der Waals surface area contributed by atoms with E-state index in [2.05, 4.69) is 28.6 Å². The summed E-state index contributed by atoms with van der Waals surface area (Å²) in [6.45, 7) is 1.35. The first-order valence-electron chi connectivity index (χ1n) is 7.17. The Bertz CT molecular complexity index is 526. The zero-order chi connectivity index (χ0) is 14.2. The Morgan fingerprint density at radius 1 is 1.45 bits per heavy atom. The molecule has 0 bridgehead atoms. The number of anilines is 2. The number of likely N-dealkylation sites (N-methyl/N-ethyl adjacent to an activating group) is 1. The number of urea groups is 1. The number of fused-ring (bicyclic) bond motifs is 1. The number of aliphatic hydroxyl groups is 1. The van der Waals surface area contributed by atoms with Crippen molar-refractivity contribution in [3.05, 3.63) is 23.8 Å². The van der Waals surface area contributed by atoms with Crippen molar-refractivity contribution in [1.29, 1.82) is 0 Å². The zero-order valence-electron chi connectivity index (χ0n) is 11.8. The van der Waals surface area contributed by atoms with Crippen molar-refractivity contribution in [3.63, 3.8) is 0 Å². The van der Waals surface area contributed by atoms with E-state index in [1.54, 1.807) is 0 Å². The van der Waals surface area contributed by atoms with Crippen LogP contribution < -0.4 is 15.5 Å². The van der Waals surface area contributed by atoms with E-state index in [0.29, 0.717) is 6.54 Å². The molecule has 3 N–H and O–H groups in total. The van der Waals surface area contributed by atoms with E-state index in [4.69, 9.17) is 0 Å². The smallest absolute Gasteiger partial charge is 0.319 e. The van der Waals surface area contributed by atoms with E-state index in [1.165, 1.54) is 11.3 Å². The average molecular weight is 275 g/mol. The number of nitrogens with zero attached hydrogens (tertiary/aromatic N) is 1. The lowest BCUT2D eigenvalue weighted by molar-refractivity contribution is -0.0287. The summed E-state index contributed by atoms with van der Waals surface area (Å²) in [5, 5.41) is 15.5. The molecule has 0 aromatic heterocycles. The number of amides is 2. The second kappa shape index (κ2) is 4.98. The molecule has 1 aliphatic carbocycles. The Balaban J connectivity index is 1.57. The van der Waals surface area contributed by atoms with Crippen LogP contribution in [0.5, 0.6) is 0 Å². The number of hydrogen-bond acceptors (Lipinski definition) is 3. The Kier molecular flexibility index (Phi) is 3.30. The molecule has 1 heterocycles. The monoisotopic (exact) mass is 275 g/mol. The molecule has 2 amide bonds. The molecule has 1 aromatic rings. The Labute approximate surface area is 119 Å². The maximum absolute atomic E-state index is 11.8. The SMILES string of the molecule is CN1CCc2ccc(NC(=O)NCC3(O)CCC3)cc21. The van der Waals surface area contributed by atoms with E-state index in [-0.39, 0.29) is 6.03 Å². The number of hydrogen-bond donors (Lipinski definition) is 3. The van der Waals surface area contributed by atoms with Gasteiger partial charge in [0.05, 0.1) is 5.60 Å². The number of carbonyl (C=O) groups is 1. The highest BCUT2D eigenvalue weighted by atomic mass is 16.3. The largest absolute Gasteiger partial charge is 0.388 e. The van der Waals surface area contributed by atoms with Gasteiger partial charge in [0.2, 0.25) is 0 Å². The predicted octanol–water partition coefficient (Wildman–Crippen LogP) is 1.72. The molecule has 108 valence electrons. The molecule has 1 fully saturated rings. The fourth-order valence-electron chi connectivity index (χ4n) is 2.80. The second-order valence-electron chi connectivity index (χ2n) is 5.90. The van der Waals surface area contributed by atoms with E-state index in [1.807, 2.05) is 12.1 Å². The molecule has 0 atom stereocenters. The van der Waals surface area contributed by atoms with Crippen LogP contribution in [0.4, 0.5) is 16.2 Å². The van der Waals surface area contributed by atoms with Crippen molar-refractivity contribution in [1.82, 2.24) is 5.32 Å². The molecular formula is C15H21N3O2. The third-order valence-electron chi connectivity index (χ3n) is 4.33. The van der Waals surface area contributed by atoms with Gasteiger partial charge in [-0.05, 0) is 43.4 Å². The van der Waals surface area contributed by atoms with Crippen LogP contribution >= 0.6 is 0 Å². The molecule has 2 aliphatic rings. The van der Waals surface area contributed by atoms with Crippen molar-refractivity contribution >= 4 is 17.4 Å². The number of nitrogens with one attached hydrogen (secondary N) is 2. The minimum Gasteiger partial charge on any atom is -0.388 e. The van der Waals surface area contributed by atoms with Crippen LogP contribution in [-0.2, 0) is 6.42 Å². The summed E-state index contributed by atoms with van der Waals surface area (Å²) < 4.78 is 0. The summed E-state index contributed by atoms with van der Waals surface area (Å²) in [4.78, 5) is 14.0. The summed E-state index contributed by atoms with van der Waals surface area (Å²) in [6, 6.07) is 5.73. The van der Waals surface area contributed by atoms with Crippen molar-refractivity contribution < 1.29 is 9.90 Å².